The van der Waals surface area contributed by atoms with Crippen molar-refractivity contribution in [1.29, 1.82) is 0 Å². The lowest BCUT2D eigenvalue weighted by atomic mass is 9.95. The lowest BCUT2D eigenvalue weighted by molar-refractivity contribution is -0.139. The number of rotatable bonds is 12. The van der Waals surface area contributed by atoms with Crippen LogP contribution in [-0.2, 0) is 21.9 Å². The van der Waals surface area contributed by atoms with E-state index in [9.17, 15) is 4.79 Å². The number of nitrogens with one attached hydrogen (secondary N) is 1. The molecule has 0 saturated carbocycles. The van der Waals surface area contributed by atoms with Gasteiger partial charge in [-0.2, -0.15) is 4.98 Å². The second kappa shape index (κ2) is 14.7. The molecule has 0 spiro atoms. The van der Waals surface area contributed by atoms with Crippen LogP contribution >= 0.6 is 50.9 Å². The predicted octanol–water partition coefficient (Wildman–Crippen LogP) is 8.86. The Bertz CT molecular complexity index is 1700. The maximum Gasteiger partial charge on any atom is 0.338 e. The number of allylic oxidation sites excluding steroid dienone is 1. The number of hydrogen-bond acceptors (Lipinski definition) is 8. The number of unbranched alkanes of at least 4 members (excludes halogenated alkanes) is 1. The van der Waals surface area contributed by atoms with Crippen molar-refractivity contribution in [3.8, 4) is 11.5 Å². The summed E-state index contributed by atoms with van der Waals surface area (Å²) in [5.41, 5.74) is 3.62. The zero-order valence-corrected chi connectivity index (χ0v) is 28.3. The quantitative estimate of drug-likeness (QED) is 0.0884. The first-order valence-corrected chi connectivity index (χ1v) is 16.5. The van der Waals surface area contributed by atoms with Gasteiger partial charge in [0.05, 0.1) is 23.8 Å². The highest BCUT2D eigenvalue weighted by atomic mass is 79.9. The normalized spacial score (nSPS) is 14.2. The molecule has 2 heterocycles. The monoisotopic (exact) mass is 716 g/mol. The van der Waals surface area contributed by atoms with Crippen LogP contribution in [0.1, 0.15) is 49.4 Å². The Hall–Kier alpha value is -3.18. The van der Waals surface area contributed by atoms with Crippen LogP contribution in [0.4, 0.5) is 5.95 Å². The SMILES string of the molecule is CCCCOC(=O)C1=C(C)Nc2nc(SCc3ccccc3Cl)nn2C1c1cc(Br)c(OCc2ccccc2Cl)c(OC)c1. The maximum absolute atomic E-state index is 13.5. The number of aromatic nitrogens is 3. The zero-order chi connectivity index (χ0) is 31.2. The summed E-state index contributed by atoms with van der Waals surface area (Å²) in [5.74, 6) is 1.66. The fourth-order valence-electron chi connectivity index (χ4n) is 4.71. The van der Waals surface area contributed by atoms with Crippen LogP contribution < -0.4 is 14.8 Å². The van der Waals surface area contributed by atoms with Gasteiger partial charge in [-0.3, -0.25) is 0 Å². The number of anilines is 1. The summed E-state index contributed by atoms with van der Waals surface area (Å²) in [6.45, 7) is 4.45. The number of hydrogen-bond donors (Lipinski definition) is 1. The minimum atomic E-state index is -0.648. The van der Waals surface area contributed by atoms with Crippen LogP contribution in [0.3, 0.4) is 0 Å². The second-order valence-corrected chi connectivity index (χ2v) is 12.6. The van der Waals surface area contributed by atoms with Crippen LogP contribution in [-0.4, -0.2) is 34.5 Å². The molecule has 3 aromatic carbocycles. The van der Waals surface area contributed by atoms with Gasteiger partial charge in [-0.1, -0.05) is 84.7 Å². The van der Waals surface area contributed by atoms with Gasteiger partial charge in [-0.15, -0.1) is 5.10 Å². The molecule has 1 unspecified atom stereocenters. The first kappa shape index (κ1) is 32.2. The van der Waals surface area contributed by atoms with Gasteiger partial charge < -0.3 is 19.5 Å². The Morgan fingerprint density at radius 3 is 2.48 bits per heavy atom. The van der Waals surface area contributed by atoms with E-state index in [0.29, 0.717) is 60.8 Å². The Labute approximate surface area is 279 Å². The molecule has 1 aliphatic rings. The highest BCUT2D eigenvalue weighted by Crippen LogP contribution is 2.44. The molecule has 5 rings (SSSR count). The van der Waals surface area contributed by atoms with E-state index in [4.69, 9.17) is 47.5 Å². The lowest BCUT2D eigenvalue weighted by Gasteiger charge is -2.29. The molecule has 4 aromatic rings. The van der Waals surface area contributed by atoms with Gasteiger partial charge in [0.2, 0.25) is 11.1 Å². The Morgan fingerprint density at radius 1 is 1.09 bits per heavy atom. The highest BCUT2D eigenvalue weighted by Gasteiger charge is 2.36. The molecule has 0 aliphatic carbocycles. The number of fused-ring (bicyclic) bond motifs is 1. The van der Waals surface area contributed by atoms with E-state index in [1.54, 1.807) is 11.8 Å². The third-order valence-electron chi connectivity index (χ3n) is 7.00. The number of thioether (sulfide) groups is 1. The van der Waals surface area contributed by atoms with Crippen LogP contribution in [0.2, 0.25) is 10.0 Å². The van der Waals surface area contributed by atoms with E-state index in [1.807, 2.05) is 74.5 Å². The zero-order valence-electron chi connectivity index (χ0n) is 24.4. The molecule has 1 N–H and O–H groups in total. The molecular formula is C32H31BrCl2N4O4S. The van der Waals surface area contributed by atoms with Gasteiger partial charge in [0.1, 0.15) is 12.6 Å². The number of carbonyl (C=O) groups excluding carboxylic acids is 1. The number of halogens is 3. The number of methoxy groups -OCH3 is 1. The third kappa shape index (κ3) is 7.20. The summed E-state index contributed by atoms with van der Waals surface area (Å²) < 4.78 is 20.0. The molecule has 0 saturated heterocycles. The summed E-state index contributed by atoms with van der Waals surface area (Å²) in [7, 11) is 1.57. The predicted molar refractivity (Wildman–Crippen MR) is 178 cm³/mol. The van der Waals surface area contributed by atoms with Crippen LogP contribution in [0.25, 0.3) is 0 Å². The molecule has 12 heteroatoms. The van der Waals surface area contributed by atoms with Gasteiger partial charge in [0.25, 0.3) is 0 Å². The van der Waals surface area contributed by atoms with E-state index in [-0.39, 0.29) is 6.61 Å². The number of nitrogens with zero attached hydrogens (tertiary/aromatic N) is 3. The topological polar surface area (TPSA) is 87.5 Å². The molecule has 0 bridgehead atoms. The van der Waals surface area contributed by atoms with E-state index < -0.39 is 12.0 Å². The van der Waals surface area contributed by atoms with E-state index in [1.165, 1.54) is 11.8 Å². The summed E-state index contributed by atoms with van der Waals surface area (Å²) in [4.78, 5) is 18.3. The summed E-state index contributed by atoms with van der Waals surface area (Å²) in [6, 6.07) is 18.3. The average molecular weight is 719 g/mol. The molecular weight excluding hydrogens is 687 g/mol. The van der Waals surface area contributed by atoms with Crippen molar-refractivity contribution in [1.82, 2.24) is 14.8 Å². The van der Waals surface area contributed by atoms with Crippen molar-refractivity contribution in [2.75, 3.05) is 19.0 Å². The Morgan fingerprint density at radius 2 is 1.80 bits per heavy atom. The largest absolute Gasteiger partial charge is 0.493 e. The Kier molecular flexibility index (Phi) is 10.8. The van der Waals surface area contributed by atoms with E-state index in [0.717, 1.165) is 29.5 Å². The fraction of sp³-hybridized carbons (Fsp3) is 0.281. The smallest absolute Gasteiger partial charge is 0.338 e. The molecule has 1 aliphatic heterocycles. The first-order valence-electron chi connectivity index (χ1n) is 14.0. The van der Waals surface area contributed by atoms with Crippen molar-refractivity contribution >= 4 is 62.8 Å². The number of esters is 1. The number of carbonyl (C=O) groups is 1. The van der Waals surface area contributed by atoms with Crippen LogP contribution in [0, 0.1) is 0 Å². The van der Waals surface area contributed by atoms with E-state index in [2.05, 4.69) is 21.2 Å². The standard InChI is InChI=1S/C32H31BrCl2N4O4S/c1-4-5-14-42-30(40)27-19(2)36-31-37-32(44-18-21-11-7-9-13-25(21)35)38-39(31)28(27)22-15-23(33)29(26(16-22)41-3)43-17-20-10-6-8-12-24(20)34/h6-13,15-16,28H,4-5,14,17-18H2,1-3H3,(H,36,37,38). The molecule has 1 aromatic heterocycles. The summed E-state index contributed by atoms with van der Waals surface area (Å²) in [5, 5.41) is 9.92. The van der Waals surface area contributed by atoms with Crippen LogP contribution in [0.15, 0.2) is 81.6 Å². The molecule has 0 amide bonds. The minimum absolute atomic E-state index is 0.245. The maximum atomic E-state index is 13.5. The van der Waals surface area contributed by atoms with Gasteiger partial charge in [-0.05, 0) is 64.7 Å². The third-order valence-corrected chi connectivity index (χ3v) is 9.21. The molecule has 44 heavy (non-hydrogen) atoms. The van der Waals surface area contributed by atoms with Gasteiger partial charge in [0.15, 0.2) is 11.5 Å². The minimum Gasteiger partial charge on any atom is -0.493 e. The highest BCUT2D eigenvalue weighted by molar-refractivity contribution is 9.10. The first-order chi connectivity index (χ1) is 21.3. The molecule has 0 radical (unpaired) electrons. The fourth-order valence-corrected chi connectivity index (χ4v) is 6.59. The van der Waals surface area contributed by atoms with Crippen molar-refractivity contribution < 1.29 is 19.0 Å². The molecule has 230 valence electrons. The van der Waals surface area contributed by atoms with Gasteiger partial charge in [0, 0.05) is 27.1 Å². The summed E-state index contributed by atoms with van der Waals surface area (Å²) >= 11 is 17.9. The molecule has 0 fully saturated rings. The van der Waals surface area contributed by atoms with Crippen molar-refractivity contribution in [3.63, 3.8) is 0 Å². The summed E-state index contributed by atoms with van der Waals surface area (Å²) in [6.07, 6.45) is 1.68. The Balaban J connectivity index is 1.51. The number of benzene rings is 3. The van der Waals surface area contributed by atoms with E-state index >= 15 is 0 Å². The van der Waals surface area contributed by atoms with Crippen LogP contribution in [0.5, 0.6) is 11.5 Å². The second-order valence-electron chi connectivity index (χ2n) is 10.0. The molecule has 8 nitrogen and oxygen atoms in total. The van der Waals surface area contributed by atoms with Crippen molar-refractivity contribution in [3.05, 3.63) is 103 Å². The number of ether oxygens (including phenoxy) is 3. The van der Waals surface area contributed by atoms with Gasteiger partial charge in [-0.25, -0.2) is 9.48 Å². The van der Waals surface area contributed by atoms with Crippen molar-refractivity contribution in [2.45, 2.75) is 50.2 Å². The van der Waals surface area contributed by atoms with Gasteiger partial charge >= 0.3 is 5.97 Å². The average Bonchev–Trinajstić information content (AvgIpc) is 3.42. The van der Waals surface area contributed by atoms with Crippen molar-refractivity contribution in [2.24, 2.45) is 0 Å². The molecule has 1 atom stereocenters. The lowest BCUT2D eigenvalue weighted by Crippen LogP contribution is -2.30.